The van der Waals surface area contributed by atoms with Gasteiger partial charge in [-0.3, -0.25) is 4.90 Å². The van der Waals surface area contributed by atoms with Crippen LogP contribution in [0, 0.1) is 0 Å². The number of likely N-dealkylation sites (N-methyl/N-ethyl adjacent to an activating group) is 1. The molecule has 17 heavy (non-hydrogen) atoms. The Labute approximate surface area is 101 Å². The third-order valence-electron chi connectivity index (χ3n) is 2.97. The van der Waals surface area contributed by atoms with Crippen molar-refractivity contribution in [3.63, 3.8) is 0 Å². The lowest BCUT2D eigenvalue weighted by Gasteiger charge is -2.16. The Hall–Kier alpha value is -1.59. The highest BCUT2D eigenvalue weighted by molar-refractivity contribution is 5.93. The fourth-order valence-corrected chi connectivity index (χ4v) is 1.91. The van der Waals surface area contributed by atoms with Crippen LogP contribution in [-0.4, -0.2) is 37.7 Å². The van der Waals surface area contributed by atoms with Crippen molar-refractivity contribution in [2.45, 2.75) is 6.42 Å². The van der Waals surface area contributed by atoms with Crippen LogP contribution in [0.2, 0.25) is 0 Å². The Bertz CT molecular complexity index is 391. The lowest BCUT2D eigenvalue weighted by molar-refractivity contribution is 0.141. The van der Waals surface area contributed by atoms with Crippen molar-refractivity contribution < 1.29 is 9.63 Å². The Morgan fingerprint density at radius 2 is 2.00 bits per heavy atom. The summed E-state index contributed by atoms with van der Waals surface area (Å²) >= 11 is 0. The second-order valence-corrected chi connectivity index (χ2v) is 4.14. The summed E-state index contributed by atoms with van der Waals surface area (Å²) < 4.78 is 0. The zero-order chi connectivity index (χ0) is 12.3. The van der Waals surface area contributed by atoms with Crippen LogP contribution in [0.25, 0.3) is 0 Å². The average Bonchev–Trinajstić information content (AvgIpc) is 2.68. The number of urea groups is 1. The number of amides is 2. The lowest BCUT2D eigenvalue weighted by Crippen LogP contribution is -2.29. The molecule has 0 bridgehead atoms. The first-order chi connectivity index (χ1) is 8.22. The van der Waals surface area contributed by atoms with Crippen LogP contribution in [0.3, 0.4) is 0 Å². The van der Waals surface area contributed by atoms with E-state index >= 15 is 0 Å². The van der Waals surface area contributed by atoms with Gasteiger partial charge in [-0.05, 0) is 24.1 Å². The topological polar surface area (TPSA) is 58.8 Å². The van der Waals surface area contributed by atoms with Gasteiger partial charge >= 0.3 is 6.03 Å². The summed E-state index contributed by atoms with van der Waals surface area (Å²) in [5.41, 5.74) is 2.09. The predicted molar refractivity (Wildman–Crippen MR) is 65.7 cm³/mol. The van der Waals surface area contributed by atoms with E-state index in [2.05, 4.69) is 4.84 Å². The normalized spacial score (nSPS) is 15.8. The van der Waals surface area contributed by atoms with Crippen molar-refractivity contribution in [2.24, 2.45) is 5.90 Å². The summed E-state index contributed by atoms with van der Waals surface area (Å²) in [6.07, 6.45) is 0.782. The van der Waals surface area contributed by atoms with Gasteiger partial charge in [-0.15, -0.1) is 0 Å². The molecule has 1 aliphatic heterocycles. The molecule has 0 radical (unpaired) electrons. The zero-order valence-electron chi connectivity index (χ0n) is 9.93. The highest BCUT2D eigenvalue weighted by Crippen LogP contribution is 2.20. The van der Waals surface area contributed by atoms with Crippen molar-refractivity contribution in [3.05, 3.63) is 29.8 Å². The molecule has 1 fully saturated rings. The lowest BCUT2D eigenvalue weighted by atomic mass is 10.1. The second kappa shape index (κ2) is 5.16. The number of carbonyl (C=O) groups excluding carboxylic acids is 1. The Morgan fingerprint density at radius 3 is 2.53 bits per heavy atom. The van der Waals surface area contributed by atoms with E-state index in [-0.39, 0.29) is 6.03 Å². The van der Waals surface area contributed by atoms with Crippen LogP contribution in [0.5, 0.6) is 0 Å². The Kier molecular flexibility index (Phi) is 3.61. The number of hydrogen-bond donors (Lipinski definition) is 1. The number of nitrogens with two attached hydrogens (primary N) is 1. The minimum Gasteiger partial charge on any atom is -0.326 e. The van der Waals surface area contributed by atoms with Crippen LogP contribution in [0.15, 0.2) is 24.3 Å². The van der Waals surface area contributed by atoms with Crippen LogP contribution in [-0.2, 0) is 11.3 Å². The Morgan fingerprint density at radius 1 is 1.29 bits per heavy atom. The van der Waals surface area contributed by atoms with Crippen molar-refractivity contribution in [1.29, 1.82) is 0 Å². The average molecular weight is 235 g/mol. The third kappa shape index (κ3) is 2.57. The van der Waals surface area contributed by atoms with Crippen LogP contribution < -0.4 is 10.8 Å². The standard InChI is InChI=1S/C12H17N3O2/c1-14-7-8-15(12(14)16)11-4-2-10(3-5-11)6-9-17-13/h2-5H,6-9,13H2,1H3. The molecule has 0 aliphatic carbocycles. The number of anilines is 1. The highest BCUT2D eigenvalue weighted by Gasteiger charge is 2.26. The third-order valence-corrected chi connectivity index (χ3v) is 2.97. The molecule has 0 unspecified atom stereocenters. The molecule has 92 valence electrons. The molecule has 2 N–H and O–H groups in total. The summed E-state index contributed by atoms with van der Waals surface area (Å²) in [4.78, 5) is 19.8. The number of benzene rings is 1. The number of carbonyl (C=O) groups is 1. The van der Waals surface area contributed by atoms with Crippen molar-refractivity contribution >= 4 is 11.7 Å². The molecular weight excluding hydrogens is 218 g/mol. The SMILES string of the molecule is CN1CCN(c2ccc(CCON)cc2)C1=O. The Balaban J connectivity index is 2.05. The number of nitrogens with zero attached hydrogens (tertiary/aromatic N) is 2. The second-order valence-electron chi connectivity index (χ2n) is 4.14. The van der Waals surface area contributed by atoms with Crippen LogP contribution in [0.4, 0.5) is 10.5 Å². The molecule has 2 amide bonds. The first kappa shape index (κ1) is 11.9. The molecule has 0 aromatic heterocycles. The summed E-state index contributed by atoms with van der Waals surface area (Å²) in [5.74, 6) is 4.98. The van der Waals surface area contributed by atoms with Gasteiger partial charge in [0.15, 0.2) is 0 Å². The van der Waals surface area contributed by atoms with Crippen LogP contribution >= 0.6 is 0 Å². The summed E-state index contributed by atoms with van der Waals surface area (Å²) in [6.45, 7) is 2.03. The predicted octanol–water partition coefficient (Wildman–Crippen LogP) is 0.991. The molecule has 1 aromatic rings. The summed E-state index contributed by atoms with van der Waals surface area (Å²) in [5, 5.41) is 0. The van der Waals surface area contributed by atoms with E-state index in [0.29, 0.717) is 6.61 Å². The van der Waals surface area contributed by atoms with Gasteiger partial charge < -0.3 is 9.74 Å². The van der Waals surface area contributed by atoms with Gasteiger partial charge in [0.2, 0.25) is 0 Å². The van der Waals surface area contributed by atoms with Gasteiger partial charge in [-0.1, -0.05) is 12.1 Å². The molecule has 2 rings (SSSR count). The van der Waals surface area contributed by atoms with Gasteiger partial charge in [0, 0.05) is 25.8 Å². The van der Waals surface area contributed by atoms with Gasteiger partial charge in [0.25, 0.3) is 0 Å². The highest BCUT2D eigenvalue weighted by atomic mass is 16.6. The molecule has 1 heterocycles. The minimum absolute atomic E-state index is 0.0584. The smallest absolute Gasteiger partial charge is 0.324 e. The molecule has 1 aliphatic rings. The maximum absolute atomic E-state index is 11.8. The summed E-state index contributed by atoms with van der Waals surface area (Å²) in [6, 6.07) is 7.98. The molecule has 1 saturated heterocycles. The van der Waals surface area contributed by atoms with Crippen molar-refractivity contribution in [1.82, 2.24) is 4.90 Å². The van der Waals surface area contributed by atoms with E-state index in [1.54, 1.807) is 9.80 Å². The number of rotatable bonds is 4. The molecule has 1 aromatic carbocycles. The summed E-state index contributed by atoms with van der Waals surface area (Å²) in [7, 11) is 1.81. The quantitative estimate of drug-likeness (QED) is 0.792. The molecule has 5 heteroatoms. The van der Waals surface area contributed by atoms with E-state index in [9.17, 15) is 4.79 Å². The fourth-order valence-electron chi connectivity index (χ4n) is 1.91. The van der Waals surface area contributed by atoms with E-state index in [1.807, 2.05) is 31.3 Å². The maximum Gasteiger partial charge on any atom is 0.324 e. The van der Waals surface area contributed by atoms with Crippen molar-refractivity contribution in [3.8, 4) is 0 Å². The first-order valence-electron chi connectivity index (χ1n) is 5.65. The monoisotopic (exact) mass is 235 g/mol. The molecular formula is C12H17N3O2. The zero-order valence-corrected chi connectivity index (χ0v) is 9.93. The van der Waals surface area contributed by atoms with E-state index in [1.165, 1.54) is 0 Å². The first-order valence-corrected chi connectivity index (χ1v) is 5.65. The minimum atomic E-state index is 0.0584. The van der Waals surface area contributed by atoms with Crippen LogP contribution in [0.1, 0.15) is 5.56 Å². The van der Waals surface area contributed by atoms with E-state index < -0.39 is 0 Å². The molecule has 0 atom stereocenters. The van der Waals surface area contributed by atoms with Gasteiger partial charge in [0.1, 0.15) is 0 Å². The van der Waals surface area contributed by atoms with Gasteiger partial charge in [0.05, 0.1) is 6.61 Å². The van der Waals surface area contributed by atoms with Gasteiger partial charge in [-0.25, -0.2) is 10.7 Å². The van der Waals surface area contributed by atoms with E-state index in [4.69, 9.17) is 5.90 Å². The molecule has 5 nitrogen and oxygen atoms in total. The maximum atomic E-state index is 11.8. The van der Waals surface area contributed by atoms with E-state index in [0.717, 1.165) is 30.8 Å². The molecule has 0 spiro atoms. The number of hydrogen-bond acceptors (Lipinski definition) is 3. The van der Waals surface area contributed by atoms with Gasteiger partial charge in [-0.2, -0.15) is 0 Å². The molecule has 0 saturated carbocycles. The fraction of sp³-hybridized carbons (Fsp3) is 0.417. The van der Waals surface area contributed by atoms with Crippen molar-refractivity contribution in [2.75, 3.05) is 31.6 Å². The largest absolute Gasteiger partial charge is 0.326 e.